The highest BCUT2D eigenvalue weighted by Gasteiger charge is 2.17. The van der Waals surface area contributed by atoms with E-state index < -0.39 is 6.10 Å². The van der Waals surface area contributed by atoms with Crippen molar-refractivity contribution in [1.82, 2.24) is 9.55 Å². The summed E-state index contributed by atoms with van der Waals surface area (Å²) in [6.45, 7) is 5.53. The minimum absolute atomic E-state index is 0.0256. The van der Waals surface area contributed by atoms with Gasteiger partial charge in [0, 0.05) is 16.5 Å². The Bertz CT molecular complexity index is 1420. The second-order valence-electron chi connectivity index (χ2n) is 8.22. The van der Waals surface area contributed by atoms with Crippen LogP contribution in [0.15, 0.2) is 52.9 Å². The van der Waals surface area contributed by atoms with Crippen LogP contribution in [0.3, 0.4) is 0 Å². The van der Waals surface area contributed by atoms with Crippen molar-refractivity contribution in [2.45, 2.75) is 33.4 Å². The first-order valence-electron chi connectivity index (χ1n) is 10.8. The molecule has 2 aromatic heterocycles. The lowest BCUT2D eigenvalue weighted by molar-refractivity contribution is 0.0899. The van der Waals surface area contributed by atoms with Crippen LogP contribution in [0.1, 0.15) is 28.4 Å². The van der Waals surface area contributed by atoms with Gasteiger partial charge in [0.2, 0.25) is 0 Å². The standard InChI is InChI=1S/C26H26N2O5S/c1-15-5-6-19(9-16(15)2)21-13-34-25-24(21)26(31)28(14-27-25)11-20(30)12-33-22-8-7-18(17(3)29)10-23(22)32-4/h5-10,13-14,20,30H,11-12H2,1-4H3/t20-/m1/s1. The summed E-state index contributed by atoms with van der Waals surface area (Å²) in [5, 5.41) is 13.1. The van der Waals surface area contributed by atoms with Crippen molar-refractivity contribution >= 4 is 27.3 Å². The van der Waals surface area contributed by atoms with E-state index in [0.717, 1.165) is 16.7 Å². The number of aliphatic hydroxyl groups is 1. The second kappa shape index (κ2) is 9.79. The van der Waals surface area contributed by atoms with Gasteiger partial charge >= 0.3 is 0 Å². The van der Waals surface area contributed by atoms with Crippen LogP contribution in [-0.4, -0.2) is 40.3 Å². The molecule has 0 fully saturated rings. The van der Waals surface area contributed by atoms with Crippen LogP contribution in [0.25, 0.3) is 21.3 Å². The Balaban J connectivity index is 1.54. The number of rotatable bonds is 8. The van der Waals surface area contributed by atoms with E-state index in [-0.39, 0.29) is 24.5 Å². The van der Waals surface area contributed by atoms with Gasteiger partial charge in [-0.3, -0.25) is 14.2 Å². The van der Waals surface area contributed by atoms with E-state index >= 15 is 0 Å². The maximum absolute atomic E-state index is 13.3. The molecule has 176 valence electrons. The number of fused-ring (bicyclic) bond motifs is 1. The number of ether oxygens (including phenoxy) is 2. The van der Waals surface area contributed by atoms with Crippen LogP contribution < -0.4 is 15.0 Å². The highest BCUT2D eigenvalue weighted by atomic mass is 32.1. The Morgan fingerprint density at radius 1 is 1.15 bits per heavy atom. The smallest absolute Gasteiger partial charge is 0.262 e. The Hall–Kier alpha value is -3.49. The van der Waals surface area contributed by atoms with Crippen molar-refractivity contribution in [1.29, 1.82) is 0 Å². The molecule has 0 bridgehead atoms. The number of carbonyl (C=O) groups excluding carboxylic acids is 1. The zero-order chi connectivity index (χ0) is 24.4. The molecule has 34 heavy (non-hydrogen) atoms. The van der Waals surface area contributed by atoms with Crippen LogP contribution in [-0.2, 0) is 6.54 Å². The highest BCUT2D eigenvalue weighted by Crippen LogP contribution is 2.32. The van der Waals surface area contributed by atoms with E-state index in [1.54, 1.807) is 18.2 Å². The number of benzene rings is 2. The fraction of sp³-hybridized carbons (Fsp3) is 0.269. The van der Waals surface area contributed by atoms with E-state index in [0.29, 0.717) is 27.3 Å². The molecule has 1 atom stereocenters. The number of nitrogens with zero attached hydrogens (tertiary/aromatic N) is 2. The number of methoxy groups -OCH3 is 1. The molecule has 0 amide bonds. The predicted octanol–water partition coefficient (Wildman–Crippen LogP) is 4.39. The fourth-order valence-corrected chi connectivity index (χ4v) is 4.60. The minimum Gasteiger partial charge on any atom is -0.493 e. The van der Waals surface area contributed by atoms with E-state index in [9.17, 15) is 14.7 Å². The van der Waals surface area contributed by atoms with Crippen LogP contribution in [0.4, 0.5) is 0 Å². The summed E-state index contributed by atoms with van der Waals surface area (Å²) in [4.78, 5) is 29.9. The summed E-state index contributed by atoms with van der Waals surface area (Å²) in [6.07, 6.45) is 0.495. The number of aromatic nitrogens is 2. The molecule has 7 nitrogen and oxygen atoms in total. The topological polar surface area (TPSA) is 90.7 Å². The van der Waals surface area contributed by atoms with Gasteiger partial charge in [0.15, 0.2) is 17.3 Å². The molecule has 0 aliphatic carbocycles. The minimum atomic E-state index is -0.960. The summed E-state index contributed by atoms with van der Waals surface area (Å²) in [7, 11) is 1.48. The number of thiophene rings is 1. The Morgan fingerprint density at radius 2 is 1.94 bits per heavy atom. The molecule has 2 heterocycles. The molecule has 0 radical (unpaired) electrons. The lowest BCUT2D eigenvalue weighted by Crippen LogP contribution is -2.30. The number of ketones is 1. The molecule has 4 aromatic rings. The number of aryl methyl sites for hydroxylation is 2. The third kappa shape index (κ3) is 4.73. The zero-order valence-corrected chi connectivity index (χ0v) is 20.3. The molecule has 8 heteroatoms. The van der Waals surface area contributed by atoms with Gasteiger partial charge in [0.1, 0.15) is 17.5 Å². The van der Waals surface area contributed by atoms with Gasteiger partial charge in [-0.15, -0.1) is 11.3 Å². The van der Waals surface area contributed by atoms with Gasteiger partial charge in [0.05, 0.1) is 25.4 Å². The average Bonchev–Trinajstić information content (AvgIpc) is 3.26. The van der Waals surface area contributed by atoms with Gasteiger partial charge in [0.25, 0.3) is 5.56 Å². The molecule has 0 unspecified atom stereocenters. The molecule has 0 aliphatic heterocycles. The monoisotopic (exact) mass is 478 g/mol. The van der Waals surface area contributed by atoms with E-state index in [1.165, 1.54) is 41.8 Å². The Labute approximate surface area is 201 Å². The van der Waals surface area contributed by atoms with E-state index in [2.05, 4.69) is 18.0 Å². The van der Waals surface area contributed by atoms with Gasteiger partial charge in [-0.2, -0.15) is 0 Å². The predicted molar refractivity (Wildman–Crippen MR) is 133 cm³/mol. The van der Waals surface area contributed by atoms with Crippen molar-refractivity contribution < 1.29 is 19.4 Å². The van der Waals surface area contributed by atoms with Gasteiger partial charge < -0.3 is 14.6 Å². The second-order valence-corrected chi connectivity index (χ2v) is 9.08. The highest BCUT2D eigenvalue weighted by molar-refractivity contribution is 7.17. The summed E-state index contributed by atoms with van der Waals surface area (Å²) < 4.78 is 12.4. The first kappa shape index (κ1) is 23.7. The van der Waals surface area contributed by atoms with Crippen molar-refractivity contribution in [3.8, 4) is 22.6 Å². The number of hydrogen-bond donors (Lipinski definition) is 1. The lowest BCUT2D eigenvalue weighted by Gasteiger charge is -2.16. The molecule has 0 spiro atoms. The third-order valence-electron chi connectivity index (χ3n) is 5.79. The van der Waals surface area contributed by atoms with Crippen molar-refractivity contribution in [2.75, 3.05) is 13.7 Å². The Morgan fingerprint density at radius 3 is 2.65 bits per heavy atom. The summed E-state index contributed by atoms with van der Waals surface area (Å²) in [5.74, 6) is 0.722. The lowest BCUT2D eigenvalue weighted by atomic mass is 10.0. The molecular formula is C26H26N2O5S. The normalized spacial score (nSPS) is 12.0. The van der Waals surface area contributed by atoms with Gasteiger partial charge in [-0.05, 0) is 55.7 Å². The summed E-state index contributed by atoms with van der Waals surface area (Å²) >= 11 is 1.43. The maximum atomic E-state index is 13.3. The molecule has 0 aliphatic rings. The van der Waals surface area contributed by atoms with Crippen molar-refractivity contribution in [2.24, 2.45) is 0 Å². The van der Waals surface area contributed by atoms with E-state index in [1.807, 2.05) is 24.4 Å². The van der Waals surface area contributed by atoms with Crippen LogP contribution in [0, 0.1) is 13.8 Å². The molecule has 2 aromatic carbocycles. The SMILES string of the molecule is COc1cc(C(C)=O)ccc1OC[C@H](O)Cn1cnc2scc(-c3ccc(C)c(C)c3)c2c1=O. The first-order chi connectivity index (χ1) is 16.3. The fourth-order valence-electron chi connectivity index (χ4n) is 3.69. The van der Waals surface area contributed by atoms with Crippen molar-refractivity contribution in [3.05, 3.63) is 75.1 Å². The summed E-state index contributed by atoms with van der Waals surface area (Å²) in [6, 6.07) is 11.0. The number of hydrogen-bond acceptors (Lipinski definition) is 7. The quantitative estimate of drug-likeness (QED) is 0.378. The van der Waals surface area contributed by atoms with Crippen LogP contribution in [0.5, 0.6) is 11.5 Å². The van der Waals surface area contributed by atoms with Crippen molar-refractivity contribution in [3.63, 3.8) is 0 Å². The molecule has 0 saturated carbocycles. The van der Waals surface area contributed by atoms with Crippen LogP contribution in [0.2, 0.25) is 0 Å². The first-order valence-corrected chi connectivity index (χ1v) is 11.7. The van der Waals surface area contributed by atoms with Gasteiger partial charge in [-0.1, -0.05) is 18.2 Å². The molecule has 4 rings (SSSR count). The largest absolute Gasteiger partial charge is 0.493 e. The maximum Gasteiger partial charge on any atom is 0.262 e. The average molecular weight is 479 g/mol. The number of Topliss-reactive ketones (excluding diaryl/α,β-unsaturated/α-hetero) is 1. The number of aliphatic hydroxyl groups excluding tert-OH is 1. The molecule has 0 saturated heterocycles. The Kier molecular flexibility index (Phi) is 6.81. The molecular weight excluding hydrogens is 452 g/mol. The zero-order valence-electron chi connectivity index (χ0n) is 19.5. The number of carbonyl (C=O) groups is 1. The van der Waals surface area contributed by atoms with Crippen LogP contribution >= 0.6 is 11.3 Å². The third-order valence-corrected chi connectivity index (χ3v) is 6.67. The molecule has 1 N–H and O–H groups in total. The van der Waals surface area contributed by atoms with E-state index in [4.69, 9.17) is 9.47 Å². The van der Waals surface area contributed by atoms with Gasteiger partial charge in [-0.25, -0.2) is 4.98 Å². The summed E-state index contributed by atoms with van der Waals surface area (Å²) in [5.41, 5.74) is 4.45.